The molecule has 0 aliphatic heterocycles. The minimum atomic E-state index is -0.776. The summed E-state index contributed by atoms with van der Waals surface area (Å²) < 4.78 is 5.78. The van der Waals surface area contributed by atoms with Crippen molar-refractivity contribution in [3.63, 3.8) is 0 Å². The molecule has 3 aromatic rings. The summed E-state index contributed by atoms with van der Waals surface area (Å²) in [5.74, 6) is -0.776. The van der Waals surface area contributed by atoms with Crippen molar-refractivity contribution in [2.75, 3.05) is 0 Å². The monoisotopic (exact) mass is 442 g/mol. The zero-order valence-electron chi connectivity index (χ0n) is 17.2. The predicted molar refractivity (Wildman–Crippen MR) is 125 cm³/mol. The lowest BCUT2D eigenvalue weighted by Gasteiger charge is -2.22. The molecule has 0 atom stereocenters. The fourth-order valence-corrected chi connectivity index (χ4v) is 5.45. The Morgan fingerprint density at radius 3 is 2.60 bits per heavy atom. The number of hydrogen-bond donors (Lipinski definition) is 2. The lowest BCUT2D eigenvalue weighted by molar-refractivity contribution is -0.136. The summed E-state index contributed by atoms with van der Waals surface area (Å²) >= 11 is 8.49. The Labute approximate surface area is 186 Å². The number of fused-ring (bicyclic) bond motifs is 1. The van der Waals surface area contributed by atoms with Gasteiger partial charge < -0.3 is 9.67 Å². The van der Waals surface area contributed by atoms with Crippen LogP contribution in [-0.4, -0.2) is 21.7 Å². The van der Waals surface area contributed by atoms with Gasteiger partial charge in [-0.05, 0) is 54.5 Å². The van der Waals surface area contributed by atoms with Gasteiger partial charge in [-0.25, -0.2) is 0 Å². The molecule has 1 aromatic heterocycles. The van der Waals surface area contributed by atoms with Gasteiger partial charge in [-0.2, -0.15) is 0 Å². The quantitative estimate of drug-likeness (QED) is 0.413. The molecule has 1 saturated carbocycles. The first-order valence-electron chi connectivity index (χ1n) is 10.5. The molecule has 30 heavy (non-hydrogen) atoms. The van der Waals surface area contributed by atoms with E-state index in [1.807, 2.05) is 31.3 Å². The van der Waals surface area contributed by atoms with Gasteiger partial charge in [0.05, 0.1) is 16.2 Å². The number of hydrogen-bond acceptors (Lipinski definition) is 3. The number of rotatable bonds is 7. The van der Waals surface area contributed by atoms with E-state index in [0.29, 0.717) is 12.5 Å². The van der Waals surface area contributed by atoms with Crippen LogP contribution in [0.15, 0.2) is 47.4 Å². The van der Waals surface area contributed by atoms with E-state index in [2.05, 4.69) is 27.5 Å². The highest BCUT2D eigenvalue weighted by atomic mass is 35.5. The summed E-state index contributed by atoms with van der Waals surface area (Å²) in [7, 11) is 2.05. The van der Waals surface area contributed by atoms with Gasteiger partial charge in [-0.3, -0.25) is 9.52 Å². The van der Waals surface area contributed by atoms with Crippen LogP contribution in [0.1, 0.15) is 44.1 Å². The Kier molecular flexibility index (Phi) is 6.71. The topological polar surface area (TPSA) is 54.3 Å². The highest BCUT2D eigenvalue weighted by molar-refractivity contribution is 7.97. The van der Waals surface area contributed by atoms with Crippen molar-refractivity contribution in [1.29, 1.82) is 0 Å². The number of carbonyl (C=O) groups is 1. The molecule has 2 N–H and O–H groups in total. The van der Waals surface area contributed by atoms with Gasteiger partial charge in [0, 0.05) is 29.8 Å². The summed E-state index contributed by atoms with van der Waals surface area (Å²) in [5.41, 5.74) is 4.15. The number of aromatic nitrogens is 1. The van der Waals surface area contributed by atoms with Gasteiger partial charge in [0.25, 0.3) is 0 Å². The highest BCUT2D eigenvalue weighted by Crippen LogP contribution is 2.38. The minimum absolute atomic E-state index is 0.142. The Hall–Kier alpha value is -1.95. The zero-order valence-corrected chi connectivity index (χ0v) is 18.7. The molecular formula is C24H27ClN2O2S. The number of nitrogens with zero attached hydrogens (tertiary/aromatic N) is 1. The van der Waals surface area contributed by atoms with Gasteiger partial charge in [0.1, 0.15) is 0 Å². The normalized spacial score (nSPS) is 15.0. The molecular weight excluding hydrogens is 416 g/mol. The maximum absolute atomic E-state index is 10.8. The summed E-state index contributed by atoms with van der Waals surface area (Å²) in [4.78, 5) is 12.0. The molecule has 1 fully saturated rings. The standard InChI is InChI=1S/C24H27ClN2O2S/c1-27-21-15-19(30-26-18-5-3-2-4-6-18)12-13-20(21)23(25)24(27)17-10-7-16(8-11-17)9-14-22(28)29/h7-8,10-13,15,18,26H,2-6,9,14H2,1H3,(H,28,29). The third-order valence-electron chi connectivity index (χ3n) is 5.91. The molecule has 1 aliphatic carbocycles. The molecule has 0 bridgehead atoms. The van der Waals surface area contributed by atoms with Crippen molar-refractivity contribution in [2.24, 2.45) is 7.05 Å². The third-order valence-corrected chi connectivity index (χ3v) is 7.24. The first kappa shape index (κ1) is 21.3. The van der Waals surface area contributed by atoms with E-state index >= 15 is 0 Å². The first-order chi connectivity index (χ1) is 14.5. The lowest BCUT2D eigenvalue weighted by Crippen LogP contribution is -2.25. The van der Waals surface area contributed by atoms with Crippen molar-refractivity contribution in [1.82, 2.24) is 9.29 Å². The van der Waals surface area contributed by atoms with Crippen LogP contribution in [0.5, 0.6) is 0 Å². The smallest absolute Gasteiger partial charge is 0.303 e. The molecule has 4 rings (SSSR count). The van der Waals surface area contributed by atoms with Crippen LogP contribution in [0.4, 0.5) is 0 Å². The van der Waals surface area contributed by atoms with Gasteiger partial charge in [0.2, 0.25) is 0 Å². The molecule has 2 aromatic carbocycles. The van der Waals surface area contributed by atoms with Crippen molar-refractivity contribution in [3.8, 4) is 11.3 Å². The molecule has 0 amide bonds. The number of halogens is 1. The molecule has 0 unspecified atom stereocenters. The van der Waals surface area contributed by atoms with Crippen LogP contribution in [-0.2, 0) is 18.3 Å². The van der Waals surface area contributed by atoms with Crippen LogP contribution < -0.4 is 4.72 Å². The lowest BCUT2D eigenvalue weighted by atomic mass is 9.96. The van der Waals surface area contributed by atoms with Crippen LogP contribution in [0.3, 0.4) is 0 Å². The number of nitrogens with one attached hydrogen (secondary N) is 1. The molecule has 0 spiro atoms. The molecule has 6 heteroatoms. The number of benzene rings is 2. The Morgan fingerprint density at radius 1 is 1.17 bits per heavy atom. The van der Waals surface area contributed by atoms with Gasteiger partial charge >= 0.3 is 5.97 Å². The van der Waals surface area contributed by atoms with Crippen LogP contribution >= 0.6 is 23.5 Å². The first-order valence-corrected chi connectivity index (χ1v) is 11.7. The van der Waals surface area contributed by atoms with Crippen molar-refractivity contribution < 1.29 is 9.90 Å². The van der Waals surface area contributed by atoms with Crippen molar-refractivity contribution in [2.45, 2.75) is 55.9 Å². The highest BCUT2D eigenvalue weighted by Gasteiger charge is 2.17. The fourth-order valence-electron chi connectivity index (χ4n) is 4.21. The predicted octanol–water partition coefficient (Wildman–Crippen LogP) is 6.45. The van der Waals surface area contributed by atoms with Gasteiger partial charge in [0.15, 0.2) is 0 Å². The molecule has 0 saturated heterocycles. The number of aliphatic carboxylic acids is 1. The Morgan fingerprint density at radius 2 is 1.90 bits per heavy atom. The molecule has 1 aliphatic rings. The number of carboxylic acid groups (broad SMARTS) is 1. The molecule has 158 valence electrons. The number of aryl methyl sites for hydroxylation is 2. The average Bonchev–Trinajstić information content (AvgIpc) is 3.01. The third kappa shape index (κ3) is 4.69. The van der Waals surface area contributed by atoms with E-state index in [0.717, 1.165) is 32.7 Å². The molecule has 1 heterocycles. The second-order valence-electron chi connectivity index (χ2n) is 8.05. The van der Waals surface area contributed by atoms with Crippen LogP contribution in [0, 0.1) is 0 Å². The van der Waals surface area contributed by atoms with E-state index in [1.165, 1.54) is 37.0 Å². The van der Waals surface area contributed by atoms with E-state index < -0.39 is 5.97 Å². The second-order valence-corrected chi connectivity index (χ2v) is 9.34. The zero-order chi connectivity index (χ0) is 21.1. The second kappa shape index (κ2) is 9.46. The summed E-state index contributed by atoms with van der Waals surface area (Å²) in [6, 6.07) is 15.1. The Bertz CT molecular complexity index is 1040. The summed E-state index contributed by atoms with van der Waals surface area (Å²) in [5, 5.41) is 10.7. The van der Waals surface area contributed by atoms with E-state index in [1.54, 1.807) is 11.9 Å². The van der Waals surface area contributed by atoms with E-state index in [4.69, 9.17) is 16.7 Å². The van der Waals surface area contributed by atoms with Gasteiger partial charge in [-0.15, -0.1) is 0 Å². The average molecular weight is 443 g/mol. The summed E-state index contributed by atoms with van der Waals surface area (Å²) in [6.07, 6.45) is 7.21. The minimum Gasteiger partial charge on any atom is -0.481 e. The van der Waals surface area contributed by atoms with E-state index in [-0.39, 0.29) is 6.42 Å². The summed E-state index contributed by atoms with van der Waals surface area (Å²) in [6.45, 7) is 0. The molecule has 0 radical (unpaired) electrons. The molecule has 4 nitrogen and oxygen atoms in total. The van der Waals surface area contributed by atoms with Crippen LogP contribution in [0.25, 0.3) is 22.2 Å². The number of carboxylic acids is 1. The van der Waals surface area contributed by atoms with E-state index in [9.17, 15) is 4.79 Å². The SMILES string of the molecule is Cn1c(-c2ccc(CCC(=O)O)cc2)c(Cl)c2ccc(SNC3CCCCC3)cc21. The van der Waals surface area contributed by atoms with Crippen molar-refractivity contribution in [3.05, 3.63) is 53.1 Å². The van der Waals surface area contributed by atoms with Crippen molar-refractivity contribution >= 4 is 40.4 Å². The van der Waals surface area contributed by atoms with Crippen LogP contribution in [0.2, 0.25) is 5.02 Å². The fraction of sp³-hybridized carbons (Fsp3) is 0.375. The maximum Gasteiger partial charge on any atom is 0.303 e. The Balaban J connectivity index is 1.56. The van der Waals surface area contributed by atoms with Gasteiger partial charge in [-0.1, -0.05) is 61.2 Å². The largest absolute Gasteiger partial charge is 0.481 e. The maximum atomic E-state index is 10.8.